The van der Waals surface area contributed by atoms with Crippen molar-refractivity contribution >= 4 is 33.4 Å². The molecule has 0 N–H and O–H groups in total. The minimum atomic E-state index is 0.833. The molecule has 0 aromatic heterocycles. The van der Waals surface area contributed by atoms with Crippen LogP contribution in [0.4, 0.5) is 0 Å². The van der Waals surface area contributed by atoms with E-state index in [2.05, 4.69) is 33.4 Å². The Balaban J connectivity index is 2.32. The molecule has 0 heterocycles. The second-order valence-corrected chi connectivity index (χ2v) is 1.73. The number of rotatable bonds is 0. The summed E-state index contributed by atoms with van der Waals surface area (Å²) in [5, 5.41) is 0. The first-order valence-electron chi connectivity index (χ1n) is 1.73. The van der Waals surface area contributed by atoms with Crippen LogP contribution < -0.4 is 0 Å². The third-order valence-corrected chi connectivity index (χ3v) is 0. The first-order valence-corrected chi connectivity index (χ1v) is 1.73. The second-order valence-electron chi connectivity index (χ2n) is 1.73. The fourth-order valence-corrected chi connectivity index (χ4v) is 0. The van der Waals surface area contributed by atoms with Gasteiger partial charge in [-0.25, -0.2) is 0 Å². The molecule has 0 fully saturated rings. The van der Waals surface area contributed by atoms with E-state index in [4.69, 9.17) is 0 Å². The van der Waals surface area contributed by atoms with Gasteiger partial charge in [0.1, 0.15) is 0 Å². The molecule has 0 aliphatic heterocycles. The van der Waals surface area contributed by atoms with Crippen LogP contribution in [0.15, 0.2) is 0 Å². The fourth-order valence-electron chi connectivity index (χ4n) is 0. The van der Waals surface area contributed by atoms with Gasteiger partial charge in [0.05, 0.1) is 0 Å². The zero-order valence-electron chi connectivity index (χ0n) is 3.58. The Morgan fingerprint density at radius 3 is 1.50 bits per heavy atom. The van der Waals surface area contributed by atoms with E-state index in [1.54, 1.807) is 0 Å². The van der Waals surface area contributed by atoms with Gasteiger partial charge in [-0.15, -0.1) is 0 Å². The summed E-state index contributed by atoms with van der Waals surface area (Å²) in [6, 6.07) is 0. The van der Waals surface area contributed by atoms with E-state index in [1.807, 2.05) is 0 Å². The standard InChI is InChI=1S/CH5B2.Li/c2-1-3;/h1H,2-3H2;. The van der Waals surface area contributed by atoms with Crippen molar-refractivity contribution in [2.24, 2.45) is 0 Å². The van der Waals surface area contributed by atoms with E-state index in [0.717, 1.165) is 4.39 Å². The molecule has 0 atom stereocenters. The fraction of sp³-hybridized carbons (Fsp3) is 1.00. The van der Waals surface area contributed by atoms with Crippen molar-refractivity contribution in [1.29, 1.82) is 0 Å². The van der Waals surface area contributed by atoms with Gasteiger partial charge in [0.2, 0.25) is 0 Å². The van der Waals surface area contributed by atoms with Gasteiger partial charge in [-0.1, -0.05) is 0 Å². The van der Waals surface area contributed by atoms with Crippen LogP contribution in [-0.4, -0.2) is 33.4 Å². The first kappa shape index (κ1) is 4.73. The summed E-state index contributed by atoms with van der Waals surface area (Å²) in [6.07, 6.45) is 0. The van der Waals surface area contributed by atoms with E-state index < -0.39 is 0 Å². The SMILES string of the molecule is [Li][CH](B)B. The Hall–Kier alpha value is 0.727. The van der Waals surface area contributed by atoms with Crippen LogP contribution in [0, 0.1) is 0 Å². The molecule has 0 aromatic rings. The Labute approximate surface area is 38.4 Å². The molecule has 16 valence electrons. The molecule has 0 spiro atoms. The van der Waals surface area contributed by atoms with Crippen LogP contribution in [-0.2, 0) is 0 Å². The van der Waals surface area contributed by atoms with Crippen molar-refractivity contribution in [2.45, 2.75) is 4.39 Å². The van der Waals surface area contributed by atoms with E-state index in [-0.39, 0.29) is 0 Å². The van der Waals surface area contributed by atoms with Gasteiger partial charge in [-0.2, -0.15) is 0 Å². The van der Waals surface area contributed by atoms with Crippen molar-refractivity contribution in [3.05, 3.63) is 0 Å². The summed E-state index contributed by atoms with van der Waals surface area (Å²) in [7, 11) is 4.33. The topological polar surface area (TPSA) is 0 Å². The number of hydrogen-bond donors (Lipinski definition) is 0. The molecule has 0 aliphatic rings. The predicted octanol–water partition coefficient (Wildman–Crippen LogP) is -1.88. The molecule has 0 bridgehead atoms. The molecule has 3 heteroatoms. The van der Waals surface area contributed by atoms with Crippen molar-refractivity contribution in [3.63, 3.8) is 0 Å². The molecular weight excluding hydrogens is 40.6 g/mol. The van der Waals surface area contributed by atoms with E-state index in [9.17, 15) is 0 Å². The zero-order valence-corrected chi connectivity index (χ0v) is 3.58. The van der Waals surface area contributed by atoms with Crippen LogP contribution in [0.2, 0.25) is 4.39 Å². The second kappa shape index (κ2) is 2.00. The van der Waals surface area contributed by atoms with Crippen molar-refractivity contribution in [2.75, 3.05) is 0 Å². The van der Waals surface area contributed by atoms with Crippen LogP contribution in [0.1, 0.15) is 0 Å². The van der Waals surface area contributed by atoms with Gasteiger partial charge in [0.15, 0.2) is 0 Å². The normalized spacial score (nSPS) is 8.75. The van der Waals surface area contributed by atoms with E-state index >= 15 is 0 Å². The molecule has 4 heavy (non-hydrogen) atoms. The van der Waals surface area contributed by atoms with Crippen LogP contribution in [0.5, 0.6) is 0 Å². The summed E-state index contributed by atoms with van der Waals surface area (Å²) in [5.74, 6) is 0. The molecule has 0 aliphatic carbocycles. The van der Waals surface area contributed by atoms with Crippen molar-refractivity contribution in [3.8, 4) is 0 Å². The van der Waals surface area contributed by atoms with Gasteiger partial charge in [0.25, 0.3) is 0 Å². The molecular formula is CH5B2Li. The Bertz CT molecular complexity index is 10.8. The van der Waals surface area contributed by atoms with E-state index in [1.165, 1.54) is 0 Å². The van der Waals surface area contributed by atoms with Crippen LogP contribution >= 0.6 is 0 Å². The minimum absolute atomic E-state index is 0.833. The van der Waals surface area contributed by atoms with Crippen molar-refractivity contribution < 1.29 is 0 Å². The van der Waals surface area contributed by atoms with Crippen molar-refractivity contribution in [1.82, 2.24) is 0 Å². The quantitative estimate of drug-likeness (QED) is 0.280. The zero-order chi connectivity index (χ0) is 3.58. The molecule has 0 amide bonds. The molecule has 0 unspecified atom stereocenters. The van der Waals surface area contributed by atoms with Crippen LogP contribution in [0.25, 0.3) is 0 Å². The molecule has 0 radical (unpaired) electrons. The van der Waals surface area contributed by atoms with E-state index in [0.29, 0.717) is 0 Å². The summed E-state index contributed by atoms with van der Waals surface area (Å²) in [5.41, 5.74) is 0. The van der Waals surface area contributed by atoms with Gasteiger partial charge in [-0.3, -0.25) is 0 Å². The molecule has 0 saturated carbocycles. The monoisotopic (exact) mass is 46.1 g/mol. The average molecular weight is 45.6 g/mol. The third kappa shape index (κ3) is 15.4. The van der Waals surface area contributed by atoms with Crippen LogP contribution in [0.3, 0.4) is 0 Å². The third-order valence-electron chi connectivity index (χ3n) is 0. The van der Waals surface area contributed by atoms with Gasteiger partial charge < -0.3 is 0 Å². The summed E-state index contributed by atoms with van der Waals surface area (Å²) in [4.78, 5) is 0. The average Bonchev–Trinajstić information content (AvgIpc) is 0.811. The van der Waals surface area contributed by atoms with Gasteiger partial charge >= 0.3 is 37.8 Å². The summed E-state index contributed by atoms with van der Waals surface area (Å²) < 4.78 is 0.833. The van der Waals surface area contributed by atoms with Gasteiger partial charge in [-0.05, 0) is 0 Å². The number of hydrogen-bond acceptors (Lipinski definition) is 0. The molecule has 0 saturated heterocycles. The maximum atomic E-state index is 2.17. The maximum absolute atomic E-state index is 2.17. The Morgan fingerprint density at radius 2 is 1.50 bits per heavy atom. The predicted molar refractivity (Wildman–Crippen MR) is 26.6 cm³/mol. The molecule has 0 nitrogen and oxygen atoms in total. The summed E-state index contributed by atoms with van der Waals surface area (Å²) in [6.45, 7) is 0. The molecule has 0 aromatic carbocycles. The Kier molecular flexibility index (Phi) is 2.36. The molecule has 0 rings (SSSR count). The Morgan fingerprint density at radius 1 is 1.50 bits per heavy atom. The first-order chi connectivity index (χ1) is 1.73. The van der Waals surface area contributed by atoms with Gasteiger partial charge in [0, 0.05) is 0 Å². The summed E-state index contributed by atoms with van der Waals surface area (Å²) >= 11 is 2.17.